The smallest absolute Gasteiger partial charge is 0.241 e. The number of benzene rings is 1. The molecule has 0 unspecified atom stereocenters. The zero-order chi connectivity index (χ0) is 14.5. The van der Waals surface area contributed by atoms with E-state index in [-0.39, 0.29) is 17.3 Å². The molecule has 1 aromatic rings. The second-order valence-electron chi connectivity index (χ2n) is 4.00. The number of likely N-dealkylation sites (N-methyl/N-ethyl adjacent to an activating group) is 1. The van der Waals surface area contributed by atoms with E-state index in [1.807, 2.05) is 6.92 Å². The first-order valence-electron chi connectivity index (χ1n) is 6.05. The highest BCUT2D eigenvalue weighted by Crippen LogP contribution is 2.19. The Hall–Kier alpha value is -1.60. The van der Waals surface area contributed by atoms with Gasteiger partial charge < -0.3 is 11.1 Å². The number of amides is 1. The predicted molar refractivity (Wildman–Crippen MR) is 74.1 cm³/mol. The summed E-state index contributed by atoms with van der Waals surface area (Å²) in [5.41, 5.74) is 6.65. The SMILES string of the molecule is CCNC(=O)CNS(=O)(=O)c1cc(N)ccc1CC. The second-order valence-corrected chi connectivity index (χ2v) is 5.73. The molecule has 0 bridgehead atoms. The highest BCUT2D eigenvalue weighted by Gasteiger charge is 2.18. The summed E-state index contributed by atoms with van der Waals surface area (Å²) in [6, 6.07) is 4.73. The molecule has 0 saturated heterocycles. The zero-order valence-corrected chi connectivity index (χ0v) is 11.9. The number of nitrogens with one attached hydrogen (secondary N) is 2. The molecule has 0 heterocycles. The van der Waals surface area contributed by atoms with Gasteiger partial charge in [0, 0.05) is 12.2 Å². The molecule has 0 spiro atoms. The van der Waals surface area contributed by atoms with Gasteiger partial charge in [-0.2, -0.15) is 0 Å². The van der Waals surface area contributed by atoms with Crippen LogP contribution in [0.3, 0.4) is 0 Å². The molecule has 0 aliphatic rings. The van der Waals surface area contributed by atoms with Crippen molar-refractivity contribution < 1.29 is 13.2 Å². The van der Waals surface area contributed by atoms with Crippen LogP contribution in [0.25, 0.3) is 0 Å². The molecule has 1 rings (SSSR count). The van der Waals surface area contributed by atoms with Crippen LogP contribution >= 0.6 is 0 Å². The van der Waals surface area contributed by atoms with Crippen LogP contribution in [-0.4, -0.2) is 27.4 Å². The van der Waals surface area contributed by atoms with E-state index in [9.17, 15) is 13.2 Å². The van der Waals surface area contributed by atoms with Crippen molar-refractivity contribution in [2.24, 2.45) is 0 Å². The van der Waals surface area contributed by atoms with E-state index in [0.29, 0.717) is 24.2 Å². The maximum absolute atomic E-state index is 12.1. The number of nitrogen functional groups attached to an aromatic ring is 1. The monoisotopic (exact) mass is 285 g/mol. The van der Waals surface area contributed by atoms with Gasteiger partial charge in [-0.1, -0.05) is 13.0 Å². The number of anilines is 1. The summed E-state index contributed by atoms with van der Waals surface area (Å²) in [5.74, 6) is -0.368. The Morgan fingerprint density at radius 3 is 2.58 bits per heavy atom. The zero-order valence-electron chi connectivity index (χ0n) is 11.1. The lowest BCUT2D eigenvalue weighted by molar-refractivity contribution is -0.119. The Bertz CT molecular complexity index is 555. The van der Waals surface area contributed by atoms with Gasteiger partial charge >= 0.3 is 0 Å². The first kappa shape index (κ1) is 15.5. The van der Waals surface area contributed by atoms with Gasteiger partial charge in [0.25, 0.3) is 0 Å². The van der Waals surface area contributed by atoms with Crippen LogP contribution < -0.4 is 15.8 Å². The minimum absolute atomic E-state index is 0.124. The quantitative estimate of drug-likeness (QED) is 0.652. The molecule has 0 fully saturated rings. The van der Waals surface area contributed by atoms with Crippen molar-refractivity contribution in [3.05, 3.63) is 23.8 Å². The molecular formula is C12H19N3O3S. The van der Waals surface area contributed by atoms with Crippen LogP contribution in [0.1, 0.15) is 19.4 Å². The van der Waals surface area contributed by atoms with Crippen molar-refractivity contribution >= 4 is 21.6 Å². The van der Waals surface area contributed by atoms with Crippen LogP contribution in [-0.2, 0) is 21.2 Å². The van der Waals surface area contributed by atoms with Crippen molar-refractivity contribution in [1.82, 2.24) is 10.0 Å². The molecule has 0 aliphatic heterocycles. The molecule has 0 aliphatic carbocycles. The predicted octanol–water partition coefficient (Wildman–Crippen LogP) is 0.246. The topological polar surface area (TPSA) is 101 Å². The molecule has 4 N–H and O–H groups in total. The third-order valence-electron chi connectivity index (χ3n) is 2.56. The molecule has 106 valence electrons. The average molecular weight is 285 g/mol. The number of hydrogen-bond acceptors (Lipinski definition) is 4. The number of carbonyl (C=O) groups is 1. The van der Waals surface area contributed by atoms with Gasteiger partial charge in [-0.15, -0.1) is 0 Å². The van der Waals surface area contributed by atoms with Crippen molar-refractivity contribution in [3.63, 3.8) is 0 Å². The average Bonchev–Trinajstić information content (AvgIpc) is 2.37. The van der Waals surface area contributed by atoms with E-state index in [4.69, 9.17) is 5.73 Å². The van der Waals surface area contributed by atoms with Gasteiger partial charge in [0.2, 0.25) is 15.9 Å². The third kappa shape index (κ3) is 4.22. The van der Waals surface area contributed by atoms with Crippen LogP contribution in [0.5, 0.6) is 0 Å². The Kier molecular flexibility index (Phi) is 5.31. The summed E-state index contributed by atoms with van der Waals surface area (Å²) >= 11 is 0. The first-order chi connectivity index (χ1) is 8.90. The van der Waals surface area contributed by atoms with Gasteiger partial charge in [-0.25, -0.2) is 13.1 Å². The van der Waals surface area contributed by atoms with E-state index < -0.39 is 10.0 Å². The third-order valence-corrected chi connectivity index (χ3v) is 4.04. The minimum atomic E-state index is -3.73. The highest BCUT2D eigenvalue weighted by molar-refractivity contribution is 7.89. The van der Waals surface area contributed by atoms with Gasteiger partial charge in [-0.3, -0.25) is 4.79 Å². The lowest BCUT2D eigenvalue weighted by Gasteiger charge is -2.11. The number of carbonyl (C=O) groups excluding carboxylic acids is 1. The Morgan fingerprint density at radius 2 is 2.00 bits per heavy atom. The Morgan fingerprint density at radius 1 is 1.32 bits per heavy atom. The summed E-state index contributed by atoms with van der Waals surface area (Å²) < 4.78 is 26.5. The lowest BCUT2D eigenvalue weighted by atomic mass is 10.1. The van der Waals surface area contributed by atoms with E-state index in [1.165, 1.54) is 6.07 Å². The minimum Gasteiger partial charge on any atom is -0.399 e. The Labute approximate surface area is 113 Å². The molecule has 6 nitrogen and oxygen atoms in total. The fourth-order valence-electron chi connectivity index (χ4n) is 1.61. The van der Waals surface area contributed by atoms with Gasteiger partial charge in [0.1, 0.15) is 0 Å². The van der Waals surface area contributed by atoms with Crippen LogP contribution in [0, 0.1) is 0 Å². The fourth-order valence-corrected chi connectivity index (χ4v) is 2.94. The molecule has 1 aromatic carbocycles. The maximum atomic E-state index is 12.1. The van der Waals surface area contributed by atoms with Gasteiger partial charge in [0.05, 0.1) is 11.4 Å². The van der Waals surface area contributed by atoms with E-state index in [0.717, 1.165) is 0 Å². The standard InChI is InChI=1S/C12H19N3O3S/c1-3-9-5-6-10(13)7-11(9)19(17,18)15-8-12(16)14-4-2/h5-7,15H,3-4,8,13H2,1-2H3,(H,14,16). The number of sulfonamides is 1. The molecular weight excluding hydrogens is 266 g/mol. The molecule has 19 heavy (non-hydrogen) atoms. The van der Waals surface area contributed by atoms with Crippen LogP contribution in [0.4, 0.5) is 5.69 Å². The summed E-state index contributed by atoms with van der Waals surface area (Å²) in [4.78, 5) is 11.4. The van der Waals surface area contributed by atoms with Crippen molar-refractivity contribution in [2.75, 3.05) is 18.8 Å². The molecule has 0 atom stereocenters. The van der Waals surface area contributed by atoms with Gasteiger partial charge in [0.15, 0.2) is 0 Å². The molecule has 0 aromatic heterocycles. The summed E-state index contributed by atoms with van der Waals surface area (Å²) in [6.45, 7) is 3.79. The van der Waals surface area contributed by atoms with Gasteiger partial charge in [-0.05, 0) is 31.0 Å². The number of nitrogens with two attached hydrogens (primary N) is 1. The molecule has 0 saturated carbocycles. The number of aryl methyl sites for hydroxylation is 1. The Balaban J connectivity index is 2.94. The lowest BCUT2D eigenvalue weighted by Crippen LogP contribution is -2.37. The normalized spacial score (nSPS) is 11.3. The first-order valence-corrected chi connectivity index (χ1v) is 7.53. The summed E-state index contributed by atoms with van der Waals surface area (Å²) in [7, 11) is -3.73. The molecule has 0 radical (unpaired) electrons. The van der Waals surface area contributed by atoms with Crippen molar-refractivity contribution in [3.8, 4) is 0 Å². The van der Waals surface area contributed by atoms with Crippen molar-refractivity contribution in [2.45, 2.75) is 25.2 Å². The van der Waals surface area contributed by atoms with E-state index >= 15 is 0 Å². The fraction of sp³-hybridized carbons (Fsp3) is 0.417. The largest absolute Gasteiger partial charge is 0.399 e. The van der Waals surface area contributed by atoms with Crippen LogP contribution in [0.2, 0.25) is 0 Å². The summed E-state index contributed by atoms with van der Waals surface area (Å²) in [6.07, 6.45) is 0.567. The molecule has 1 amide bonds. The highest BCUT2D eigenvalue weighted by atomic mass is 32.2. The van der Waals surface area contributed by atoms with Crippen molar-refractivity contribution in [1.29, 1.82) is 0 Å². The second kappa shape index (κ2) is 6.53. The summed E-state index contributed by atoms with van der Waals surface area (Å²) in [5, 5.41) is 2.52. The van der Waals surface area contributed by atoms with Crippen LogP contribution in [0.15, 0.2) is 23.1 Å². The number of rotatable bonds is 6. The molecule has 7 heteroatoms. The van der Waals surface area contributed by atoms with E-state index in [1.54, 1.807) is 19.1 Å². The maximum Gasteiger partial charge on any atom is 0.241 e. The number of hydrogen-bond donors (Lipinski definition) is 3. The van der Waals surface area contributed by atoms with E-state index in [2.05, 4.69) is 10.0 Å².